The zero-order chi connectivity index (χ0) is 25.0. The lowest BCUT2D eigenvalue weighted by Crippen LogP contribution is -2.41. The zero-order valence-electron chi connectivity index (χ0n) is 20.3. The molecule has 3 rings (SSSR count). The Balaban J connectivity index is 1.59. The smallest absolute Gasteiger partial charge is 0.119 e. The average Bonchev–Trinajstić information content (AvgIpc) is 2.91. The summed E-state index contributed by atoms with van der Waals surface area (Å²) >= 11 is 0. The van der Waals surface area contributed by atoms with E-state index in [-0.39, 0.29) is 26.3 Å². The van der Waals surface area contributed by atoms with Gasteiger partial charge in [-0.25, -0.2) is 0 Å². The molecule has 3 aromatic carbocycles. The zero-order valence-corrected chi connectivity index (χ0v) is 20.3. The van der Waals surface area contributed by atoms with Crippen LogP contribution in [-0.2, 0) is 0 Å². The summed E-state index contributed by atoms with van der Waals surface area (Å²) in [6.45, 7) is 0.693. The molecule has 0 amide bonds. The summed E-state index contributed by atoms with van der Waals surface area (Å²) in [5.41, 5.74) is 0.831. The first-order valence-corrected chi connectivity index (χ1v) is 11.3. The largest absolute Gasteiger partial charge is 0.497 e. The SMILES string of the molecule is COc1ccc(OC[C@@H](O)CN(C[C@@H](O)COc2ccc(OC)cc2)c2ccc(OC)cc2)cc1. The lowest BCUT2D eigenvalue weighted by Gasteiger charge is -2.29. The van der Waals surface area contributed by atoms with E-state index in [1.165, 1.54) is 0 Å². The molecule has 8 nitrogen and oxygen atoms in total. The summed E-state index contributed by atoms with van der Waals surface area (Å²) in [7, 11) is 4.81. The molecule has 0 saturated carbocycles. The van der Waals surface area contributed by atoms with E-state index in [4.69, 9.17) is 23.7 Å². The second kappa shape index (κ2) is 13.3. The fraction of sp³-hybridized carbons (Fsp3) is 0.333. The van der Waals surface area contributed by atoms with E-state index in [0.29, 0.717) is 11.5 Å². The fourth-order valence-electron chi connectivity index (χ4n) is 3.42. The van der Waals surface area contributed by atoms with E-state index in [1.807, 2.05) is 29.2 Å². The van der Waals surface area contributed by atoms with Crippen molar-refractivity contribution in [3.8, 4) is 28.7 Å². The maximum atomic E-state index is 10.7. The molecule has 188 valence electrons. The number of nitrogens with zero attached hydrogens (tertiary/aromatic N) is 1. The summed E-state index contributed by atoms with van der Waals surface area (Å²) in [6, 6.07) is 21.8. The van der Waals surface area contributed by atoms with Crippen molar-refractivity contribution in [3.63, 3.8) is 0 Å². The summed E-state index contributed by atoms with van der Waals surface area (Å²) in [5.74, 6) is 3.45. The molecule has 0 aromatic heterocycles. The number of benzene rings is 3. The number of methoxy groups -OCH3 is 3. The molecule has 0 unspecified atom stereocenters. The van der Waals surface area contributed by atoms with Crippen LogP contribution >= 0.6 is 0 Å². The van der Waals surface area contributed by atoms with Crippen LogP contribution in [0.5, 0.6) is 28.7 Å². The topological polar surface area (TPSA) is 89.9 Å². The first-order valence-electron chi connectivity index (χ1n) is 11.3. The van der Waals surface area contributed by atoms with E-state index in [2.05, 4.69) is 0 Å². The molecule has 0 fully saturated rings. The minimum Gasteiger partial charge on any atom is -0.497 e. The number of anilines is 1. The Morgan fingerprint density at radius 1 is 0.543 bits per heavy atom. The molecule has 0 aliphatic carbocycles. The van der Waals surface area contributed by atoms with Crippen molar-refractivity contribution in [2.24, 2.45) is 0 Å². The number of ether oxygens (including phenoxy) is 5. The molecular weight excluding hydrogens is 450 g/mol. The molecule has 35 heavy (non-hydrogen) atoms. The number of hydrogen-bond acceptors (Lipinski definition) is 8. The van der Waals surface area contributed by atoms with Crippen LogP contribution in [0.4, 0.5) is 5.69 Å². The summed E-state index contributed by atoms with van der Waals surface area (Å²) in [5, 5.41) is 21.3. The van der Waals surface area contributed by atoms with Gasteiger partial charge in [-0.05, 0) is 72.8 Å². The highest BCUT2D eigenvalue weighted by Gasteiger charge is 2.18. The Bertz CT molecular complexity index is 934. The van der Waals surface area contributed by atoms with Crippen LogP contribution in [0.1, 0.15) is 0 Å². The number of aliphatic hydroxyl groups excluding tert-OH is 2. The van der Waals surface area contributed by atoms with E-state index in [0.717, 1.165) is 22.9 Å². The van der Waals surface area contributed by atoms with E-state index < -0.39 is 12.2 Å². The molecule has 3 aromatic rings. The van der Waals surface area contributed by atoms with Gasteiger partial charge in [0.1, 0.15) is 54.2 Å². The van der Waals surface area contributed by atoms with Gasteiger partial charge in [0.2, 0.25) is 0 Å². The van der Waals surface area contributed by atoms with Gasteiger partial charge < -0.3 is 38.8 Å². The van der Waals surface area contributed by atoms with Crippen molar-refractivity contribution in [3.05, 3.63) is 72.8 Å². The normalized spacial score (nSPS) is 12.4. The highest BCUT2D eigenvalue weighted by atomic mass is 16.5. The number of rotatable bonds is 14. The maximum Gasteiger partial charge on any atom is 0.119 e. The van der Waals surface area contributed by atoms with E-state index in [1.54, 1.807) is 69.9 Å². The Morgan fingerprint density at radius 2 is 0.857 bits per heavy atom. The standard InChI is InChI=1S/C27H33NO7/c1-31-23-6-4-20(5-7-23)28(16-21(29)18-34-26-12-8-24(32-2)9-13-26)17-22(30)19-35-27-14-10-25(33-3)11-15-27/h4-15,21-22,29-30H,16-19H2,1-3H3/t21-,22+. The minimum atomic E-state index is -0.797. The third-order valence-corrected chi connectivity index (χ3v) is 5.30. The van der Waals surface area contributed by atoms with Crippen molar-refractivity contribution in [1.29, 1.82) is 0 Å². The predicted molar refractivity (Wildman–Crippen MR) is 134 cm³/mol. The van der Waals surface area contributed by atoms with Gasteiger partial charge in [0.05, 0.1) is 21.3 Å². The van der Waals surface area contributed by atoms with Gasteiger partial charge >= 0.3 is 0 Å². The molecule has 0 spiro atoms. The predicted octanol–water partition coefficient (Wildman–Crippen LogP) is 3.40. The Hall–Kier alpha value is -3.62. The number of hydrogen-bond donors (Lipinski definition) is 2. The second-order valence-corrected chi connectivity index (χ2v) is 7.88. The quantitative estimate of drug-likeness (QED) is 0.361. The molecule has 0 aliphatic rings. The first-order chi connectivity index (χ1) is 17.0. The van der Waals surface area contributed by atoms with Crippen molar-refractivity contribution in [2.45, 2.75) is 12.2 Å². The van der Waals surface area contributed by atoms with Crippen molar-refractivity contribution >= 4 is 5.69 Å². The van der Waals surface area contributed by atoms with Gasteiger partial charge in [0.15, 0.2) is 0 Å². The Morgan fingerprint density at radius 3 is 1.20 bits per heavy atom. The summed E-state index contributed by atoms with van der Waals surface area (Å²) in [6.07, 6.45) is -1.59. The minimum absolute atomic E-state index is 0.0947. The van der Waals surface area contributed by atoms with Gasteiger partial charge in [-0.1, -0.05) is 0 Å². The van der Waals surface area contributed by atoms with Gasteiger partial charge in [0.25, 0.3) is 0 Å². The van der Waals surface area contributed by atoms with Gasteiger partial charge in [-0.3, -0.25) is 0 Å². The van der Waals surface area contributed by atoms with Gasteiger partial charge in [0, 0.05) is 18.8 Å². The molecule has 8 heteroatoms. The van der Waals surface area contributed by atoms with Gasteiger partial charge in [-0.15, -0.1) is 0 Å². The highest BCUT2D eigenvalue weighted by Crippen LogP contribution is 2.22. The molecule has 0 radical (unpaired) electrons. The second-order valence-electron chi connectivity index (χ2n) is 7.88. The highest BCUT2D eigenvalue weighted by molar-refractivity contribution is 5.49. The van der Waals surface area contributed by atoms with E-state index in [9.17, 15) is 10.2 Å². The summed E-state index contributed by atoms with van der Waals surface area (Å²) < 4.78 is 27.0. The average molecular weight is 484 g/mol. The van der Waals surface area contributed by atoms with Gasteiger partial charge in [-0.2, -0.15) is 0 Å². The molecule has 2 atom stereocenters. The van der Waals surface area contributed by atoms with Crippen LogP contribution in [-0.4, -0.2) is 70.1 Å². The van der Waals surface area contributed by atoms with Crippen LogP contribution in [0.15, 0.2) is 72.8 Å². The van der Waals surface area contributed by atoms with Crippen molar-refractivity contribution in [2.75, 3.05) is 52.5 Å². The maximum absolute atomic E-state index is 10.7. The monoisotopic (exact) mass is 483 g/mol. The van der Waals surface area contributed by atoms with Crippen LogP contribution in [0.3, 0.4) is 0 Å². The molecule has 0 heterocycles. The molecule has 0 bridgehead atoms. The Kier molecular flexibility index (Phi) is 9.89. The third-order valence-electron chi connectivity index (χ3n) is 5.30. The van der Waals surface area contributed by atoms with Crippen molar-refractivity contribution < 1.29 is 33.9 Å². The molecule has 0 aliphatic heterocycles. The van der Waals surface area contributed by atoms with Crippen molar-refractivity contribution in [1.82, 2.24) is 0 Å². The molecule has 2 N–H and O–H groups in total. The molecule has 0 saturated heterocycles. The lowest BCUT2D eigenvalue weighted by atomic mass is 10.2. The summed E-state index contributed by atoms with van der Waals surface area (Å²) in [4.78, 5) is 1.89. The molecular formula is C27H33NO7. The van der Waals surface area contributed by atoms with E-state index >= 15 is 0 Å². The lowest BCUT2D eigenvalue weighted by molar-refractivity contribution is 0.0954. The fourth-order valence-corrected chi connectivity index (χ4v) is 3.42. The van der Waals surface area contributed by atoms with Crippen LogP contribution < -0.4 is 28.6 Å². The third kappa shape index (κ3) is 8.27. The van der Waals surface area contributed by atoms with Crippen LogP contribution in [0.2, 0.25) is 0 Å². The van der Waals surface area contributed by atoms with Crippen LogP contribution in [0.25, 0.3) is 0 Å². The Labute approximate surface area is 206 Å². The number of aliphatic hydroxyl groups is 2. The van der Waals surface area contributed by atoms with Crippen LogP contribution in [0, 0.1) is 0 Å². The first kappa shape index (κ1) is 26.0.